The Hall–Kier alpha value is -3.83. The summed E-state index contributed by atoms with van der Waals surface area (Å²) in [6, 6.07) is 7.19. The third-order valence-corrected chi connectivity index (χ3v) is 5.70. The summed E-state index contributed by atoms with van der Waals surface area (Å²) in [7, 11) is 4.65. The number of aromatic nitrogens is 2. The van der Waals surface area contributed by atoms with Gasteiger partial charge in [0.1, 0.15) is 18.0 Å². The number of benzene rings is 1. The Morgan fingerprint density at radius 1 is 1.13 bits per heavy atom. The van der Waals surface area contributed by atoms with E-state index in [4.69, 9.17) is 28.1 Å². The maximum Gasteiger partial charge on any atom is 0.321 e. The lowest BCUT2D eigenvalue weighted by Crippen LogP contribution is -2.16. The smallest absolute Gasteiger partial charge is 0.321 e. The Bertz CT molecular complexity index is 1230. The van der Waals surface area contributed by atoms with Crippen LogP contribution in [0.1, 0.15) is 54.9 Å². The molecule has 1 amide bonds. The van der Waals surface area contributed by atoms with Gasteiger partial charge in [-0.15, -0.1) is 0 Å². The van der Waals surface area contributed by atoms with Crippen LogP contribution in [0, 0.1) is 6.92 Å². The van der Waals surface area contributed by atoms with Crippen LogP contribution in [-0.2, 0) is 21.7 Å². The molecule has 3 aromatic rings. The van der Waals surface area contributed by atoms with Crippen LogP contribution in [0.3, 0.4) is 0 Å². The summed E-state index contributed by atoms with van der Waals surface area (Å²) in [5.74, 6) is 0.749. The van der Waals surface area contributed by atoms with E-state index in [0.717, 1.165) is 16.7 Å². The van der Waals surface area contributed by atoms with Crippen LogP contribution in [0.5, 0.6) is 23.6 Å². The molecule has 1 aliphatic heterocycles. The van der Waals surface area contributed by atoms with Gasteiger partial charge in [-0.05, 0) is 55.7 Å². The fourth-order valence-corrected chi connectivity index (χ4v) is 3.80. The summed E-state index contributed by atoms with van der Waals surface area (Å²) in [6.07, 6.45) is 0. The molecule has 11 nitrogen and oxygen atoms in total. The van der Waals surface area contributed by atoms with Gasteiger partial charge >= 0.3 is 6.01 Å². The van der Waals surface area contributed by atoms with Crippen LogP contribution in [-0.4, -0.2) is 50.4 Å². The second-order valence-corrected chi connectivity index (χ2v) is 8.58. The summed E-state index contributed by atoms with van der Waals surface area (Å²) in [5.41, 5.74) is 2.97. The van der Waals surface area contributed by atoms with Crippen molar-refractivity contribution in [3.8, 4) is 23.6 Å². The number of anilines is 2. The van der Waals surface area contributed by atoms with Crippen molar-refractivity contribution >= 4 is 17.4 Å². The molecular formula is C27H36N4O7. The molecule has 0 aliphatic carbocycles. The highest BCUT2D eigenvalue weighted by Gasteiger charge is 2.32. The molecular weight excluding hydrogens is 492 g/mol. The molecule has 11 heteroatoms. The lowest BCUT2D eigenvalue weighted by molar-refractivity contribution is -0.00795. The van der Waals surface area contributed by atoms with Crippen LogP contribution in [0.15, 0.2) is 28.7 Å². The number of furan rings is 1. The third-order valence-electron chi connectivity index (χ3n) is 5.70. The van der Waals surface area contributed by atoms with E-state index >= 15 is 0 Å². The SMILES string of the molecule is CC.CNc1nc(OCCOC)nc(OC)c1NC(=O)c1ccc(Oc2cc3c(cc2C)COC3(C)C)o1. The van der Waals surface area contributed by atoms with E-state index in [1.807, 2.05) is 46.8 Å². The van der Waals surface area contributed by atoms with Gasteiger partial charge in [-0.2, -0.15) is 9.97 Å². The second kappa shape index (κ2) is 12.6. The zero-order valence-corrected chi connectivity index (χ0v) is 23.2. The van der Waals surface area contributed by atoms with E-state index in [0.29, 0.717) is 24.8 Å². The van der Waals surface area contributed by atoms with Gasteiger partial charge in [0.25, 0.3) is 11.9 Å². The molecule has 0 unspecified atom stereocenters. The minimum absolute atomic E-state index is 0.0389. The predicted octanol–water partition coefficient (Wildman–Crippen LogP) is 5.29. The molecule has 0 spiro atoms. The maximum absolute atomic E-state index is 13.0. The van der Waals surface area contributed by atoms with E-state index in [2.05, 4.69) is 20.6 Å². The predicted molar refractivity (Wildman–Crippen MR) is 143 cm³/mol. The average molecular weight is 529 g/mol. The van der Waals surface area contributed by atoms with Crippen LogP contribution in [0.2, 0.25) is 0 Å². The van der Waals surface area contributed by atoms with Crippen molar-refractivity contribution in [2.24, 2.45) is 0 Å². The van der Waals surface area contributed by atoms with Crippen LogP contribution in [0.25, 0.3) is 0 Å². The molecule has 0 bridgehead atoms. The third kappa shape index (κ3) is 6.35. The van der Waals surface area contributed by atoms with Crippen molar-refractivity contribution in [1.82, 2.24) is 9.97 Å². The highest BCUT2D eigenvalue weighted by atomic mass is 16.6. The normalized spacial score (nSPS) is 13.2. The van der Waals surface area contributed by atoms with Crippen molar-refractivity contribution in [3.63, 3.8) is 0 Å². The quantitative estimate of drug-likeness (QED) is 0.335. The van der Waals surface area contributed by atoms with E-state index in [-0.39, 0.29) is 35.9 Å². The minimum atomic E-state index is -0.531. The Balaban J connectivity index is 0.00000195. The number of hydrogen-bond donors (Lipinski definition) is 2. The number of ether oxygens (including phenoxy) is 5. The van der Waals surface area contributed by atoms with Gasteiger partial charge in [-0.3, -0.25) is 4.79 Å². The molecule has 4 rings (SSSR count). The van der Waals surface area contributed by atoms with Crippen LogP contribution < -0.4 is 24.8 Å². The lowest BCUT2D eigenvalue weighted by atomic mass is 9.94. The van der Waals surface area contributed by atoms with Crippen LogP contribution in [0.4, 0.5) is 11.5 Å². The number of rotatable bonds is 10. The minimum Gasteiger partial charge on any atom is -0.479 e. The molecule has 2 N–H and O–H groups in total. The van der Waals surface area contributed by atoms with Crippen molar-refractivity contribution < 1.29 is 32.9 Å². The van der Waals surface area contributed by atoms with E-state index in [9.17, 15) is 4.79 Å². The molecule has 3 heterocycles. The first-order valence-electron chi connectivity index (χ1n) is 12.4. The number of fused-ring (bicyclic) bond motifs is 1. The molecule has 0 saturated carbocycles. The molecule has 206 valence electrons. The van der Waals surface area contributed by atoms with Crippen molar-refractivity contribution in [3.05, 3.63) is 46.7 Å². The fourth-order valence-electron chi connectivity index (χ4n) is 3.80. The Morgan fingerprint density at radius 2 is 1.89 bits per heavy atom. The molecule has 38 heavy (non-hydrogen) atoms. The summed E-state index contributed by atoms with van der Waals surface area (Å²) in [4.78, 5) is 21.4. The van der Waals surface area contributed by atoms with Gasteiger partial charge in [-0.1, -0.05) is 13.8 Å². The van der Waals surface area contributed by atoms with Gasteiger partial charge in [0.15, 0.2) is 11.6 Å². The van der Waals surface area contributed by atoms with E-state index < -0.39 is 11.5 Å². The number of aryl methyl sites for hydroxylation is 1. The average Bonchev–Trinajstić information content (AvgIpc) is 3.50. The Morgan fingerprint density at radius 3 is 2.58 bits per heavy atom. The van der Waals surface area contributed by atoms with E-state index in [1.165, 1.54) is 13.2 Å². The highest BCUT2D eigenvalue weighted by molar-refractivity contribution is 6.04. The number of nitrogens with one attached hydrogen (secondary N) is 2. The highest BCUT2D eigenvalue weighted by Crippen LogP contribution is 2.40. The standard InChI is InChI=1S/C25H30N4O7.C2H6/c1-14-11-15-13-34-25(2,3)16(15)12-18(14)36-19-8-7-17(35-19)22(30)27-20-21(26-4)28-24(29-23(20)32-6)33-10-9-31-5;1-2/h7-8,11-12H,9-10,13H2,1-6H3,(H,27,30)(H,26,28,29);1-2H3. The largest absolute Gasteiger partial charge is 0.479 e. The molecule has 0 radical (unpaired) electrons. The summed E-state index contributed by atoms with van der Waals surface area (Å²) in [5, 5.41) is 5.63. The fraction of sp³-hybridized carbons (Fsp3) is 0.444. The monoisotopic (exact) mass is 528 g/mol. The topological polar surface area (TPSA) is 126 Å². The van der Waals surface area contributed by atoms with Crippen molar-refractivity contribution in [1.29, 1.82) is 0 Å². The molecule has 1 aromatic carbocycles. The Kier molecular flexibility index (Phi) is 9.54. The molecule has 0 atom stereocenters. The first-order chi connectivity index (χ1) is 18.2. The maximum atomic E-state index is 13.0. The zero-order valence-electron chi connectivity index (χ0n) is 23.2. The zero-order chi connectivity index (χ0) is 27.9. The first-order valence-corrected chi connectivity index (χ1v) is 12.4. The van der Waals surface area contributed by atoms with Gasteiger partial charge in [0.2, 0.25) is 5.88 Å². The molecule has 0 saturated heterocycles. The molecule has 1 aliphatic rings. The van der Waals surface area contributed by atoms with E-state index in [1.54, 1.807) is 20.2 Å². The summed E-state index contributed by atoms with van der Waals surface area (Å²) in [6.45, 7) is 11.2. The summed E-state index contributed by atoms with van der Waals surface area (Å²) < 4.78 is 33.3. The molecule has 0 fully saturated rings. The van der Waals surface area contributed by atoms with Crippen molar-refractivity contribution in [2.45, 2.75) is 46.8 Å². The number of carbonyl (C=O) groups is 1. The van der Waals surface area contributed by atoms with Crippen LogP contribution >= 0.6 is 0 Å². The van der Waals surface area contributed by atoms with Gasteiger partial charge in [0, 0.05) is 20.2 Å². The number of amides is 1. The number of methoxy groups -OCH3 is 2. The number of carbonyl (C=O) groups excluding carboxylic acids is 1. The van der Waals surface area contributed by atoms with Gasteiger partial charge in [0.05, 0.1) is 25.9 Å². The summed E-state index contributed by atoms with van der Waals surface area (Å²) >= 11 is 0. The molecule has 2 aromatic heterocycles. The first kappa shape index (κ1) is 28.7. The second-order valence-electron chi connectivity index (χ2n) is 8.58. The number of nitrogens with zero attached hydrogens (tertiary/aromatic N) is 2. The lowest BCUT2D eigenvalue weighted by Gasteiger charge is -2.19. The van der Waals surface area contributed by atoms with Crippen molar-refractivity contribution in [2.75, 3.05) is 45.1 Å². The van der Waals surface area contributed by atoms with Gasteiger partial charge in [-0.25, -0.2) is 0 Å². The van der Waals surface area contributed by atoms with Gasteiger partial charge < -0.3 is 38.7 Å². The Labute approximate surface area is 222 Å². The number of hydrogen-bond acceptors (Lipinski definition) is 10.